The fourth-order valence-corrected chi connectivity index (χ4v) is 1.24. The molecule has 1 aromatic rings. The number of carbonyl (C=O) groups is 1. The molecule has 4 nitrogen and oxygen atoms in total. The Labute approximate surface area is 108 Å². The van der Waals surface area contributed by atoms with Crippen molar-refractivity contribution in [2.75, 3.05) is 13.2 Å². The molecule has 0 bridgehead atoms. The van der Waals surface area contributed by atoms with Gasteiger partial charge in [-0.25, -0.2) is 5.48 Å². The molecule has 0 spiro atoms. The smallest absolute Gasteiger partial charge is 0.281 e. The molecule has 0 saturated carbocycles. The number of aryl methyl sites for hydroxylation is 1. The predicted octanol–water partition coefficient (Wildman–Crippen LogP) is 2.47. The molecule has 0 heterocycles. The second-order valence-electron chi connectivity index (χ2n) is 4.66. The molecule has 4 heteroatoms. The van der Waals surface area contributed by atoms with Gasteiger partial charge in [0, 0.05) is 0 Å². The van der Waals surface area contributed by atoms with Crippen LogP contribution in [0.5, 0.6) is 5.75 Å². The number of hydroxylamine groups is 1. The van der Waals surface area contributed by atoms with Gasteiger partial charge < -0.3 is 4.74 Å². The van der Waals surface area contributed by atoms with E-state index in [0.717, 1.165) is 12.0 Å². The van der Waals surface area contributed by atoms with Gasteiger partial charge in [0.05, 0.1) is 6.61 Å². The lowest BCUT2D eigenvalue weighted by Gasteiger charge is -2.08. The minimum atomic E-state index is -0.278. The van der Waals surface area contributed by atoms with Crippen molar-refractivity contribution in [3.8, 4) is 5.75 Å². The average molecular weight is 251 g/mol. The lowest BCUT2D eigenvalue weighted by molar-refractivity contribution is -0.135. The van der Waals surface area contributed by atoms with E-state index < -0.39 is 0 Å². The van der Waals surface area contributed by atoms with Gasteiger partial charge >= 0.3 is 0 Å². The van der Waals surface area contributed by atoms with Crippen molar-refractivity contribution < 1.29 is 14.4 Å². The van der Waals surface area contributed by atoms with E-state index in [1.54, 1.807) is 0 Å². The van der Waals surface area contributed by atoms with Gasteiger partial charge in [-0.2, -0.15) is 0 Å². The standard InChI is InChI=1S/C14H21NO3/c1-11(2)8-9-18-15-14(16)10-17-13-6-4-12(3)5-7-13/h4-7,11H,8-10H2,1-3H3,(H,15,16). The number of benzene rings is 1. The number of rotatable bonds is 7. The highest BCUT2D eigenvalue weighted by molar-refractivity contribution is 5.76. The molecular formula is C14H21NO3. The maximum Gasteiger partial charge on any atom is 0.281 e. The number of hydrogen-bond acceptors (Lipinski definition) is 3. The highest BCUT2D eigenvalue weighted by Gasteiger charge is 2.03. The molecule has 1 aromatic carbocycles. The van der Waals surface area contributed by atoms with Gasteiger partial charge in [-0.3, -0.25) is 9.63 Å². The highest BCUT2D eigenvalue weighted by atomic mass is 16.7. The Bertz CT molecular complexity index is 360. The molecule has 0 aliphatic heterocycles. The first-order valence-corrected chi connectivity index (χ1v) is 6.18. The van der Waals surface area contributed by atoms with E-state index in [9.17, 15) is 4.79 Å². The summed E-state index contributed by atoms with van der Waals surface area (Å²) in [6, 6.07) is 7.54. The van der Waals surface area contributed by atoms with E-state index in [1.165, 1.54) is 0 Å². The van der Waals surface area contributed by atoms with Crippen LogP contribution in [-0.2, 0) is 9.63 Å². The normalized spacial score (nSPS) is 10.4. The van der Waals surface area contributed by atoms with Gasteiger partial charge in [-0.1, -0.05) is 31.5 Å². The maximum absolute atomic E-state index is 11.4. The van der Waals surface area contributed by atoms with Crippen molar-refractivity contribution >= 4 is 5.91 Å². The summed E-state index contributed by atoms with van der Waals surface area (Å²) in [6.07, 6.45) is 0.916. The summed E-state index contributed by atoms with van der Waals surface area (Å²) >= 11 is 0. The molecule has 0 fully saturated rings. The molecule has 0 aliphatic carbocycles. The first-order chi connectivity index (χ1) is 8.58. The van der Waals surface area contributed by atoms with Crippen molar-refractivity contribution in [3.05, 3.63) is 29.8 Å². The van der Waals surface area contributed by atoms with Crippen LogP contribution in [0.3, 0.4) is 0 Å². The first kappa shape index (κ1) is 14.5. The average Bonchev–Trinajstić information content (AvgIpc) is 2.34. The predicted molar refractivity (Wildman–Crippen MR) is 70.2 cm³/mol. The van der Waals surface area contributed by atoms with Crippen molar-refractivity contribution in [2.45, 2.75) is 27.2 Å². The van der Waals surface area contributed by atoms with Crippen molar-refractivity contribution in [3.63, 3.8) is 0 Å². The Kier molecular flexibility index (Phi) is 6.22. The molecule has 0 aromatic heterocycles. The number of hydrogen-bond donors (Lipinski definition) is 1. The summed E-state index contributed by atoms with van der Waals surface area (Å²) in [4.78, 5) is 16.4. The number of nitrogens with one attached hydrogen (secondary N) is 1. The molecule has 100 valence electrons. The largest absolute Gasteiger partial charge is 0.484 e. The zero-order valence-corrected chi connectivity index (χ0v) is 11.2. The highest BCUT2D eigenvalue weighted by Crippen LogP contribution is 2.10. The number of amides is 1. The fourth-order valence-electron chi connectivity index (χ4n) is 1.24. The lowest BCUT2D eigenvalue weighted by atomic mass is 10.1. The monoisotopic (exact) mass is 251 g/mol. The third-order valence-corrected chi connectivity index (χ3v) is 2.37. The summed E-state index contributed by atoms with van der Waals surface area (Å²) < 4.78 is 5.31. The summed E-state index contributed by atoms with van der Waals surface area (Å²) in [7, 11) is 0. The minimum absolute atomic E-state index is 0.0370. The van der Waals surface area contributed by atoms with Gasteiger partial charge in [0.15, 0.2) is 6.61 Å². The Balaban J connectivity index is 2.15. The van der Waals surface area contributed by atoms with Gasteiger partial charge in [0.2, 0.25) is 0 Å². The molecule has 0 saturated heterocycles. The van der Waals surface area contributed by atoms with Crippen LogP contribution < -0.4 is 10.2 Å². The maximum atomic E-state index is 11.4. The second kappa shape index (κ2) is 7.71. The van der Waals surface area contributed by atoms with Gasteiger partial charge in [0.25, 0.3) is 5.91 Å². The topological polar surface area (TPSA) is 47.6 Å². The molecule has 1 amide bonds. The van der Waals surface area contributed by atoms with E-state index in [0.29, 0.717) is 18.3 Å². The quantitative estimate of drug-likeness (QED) is 0.598. The van der Waals surface area contributed by atoms with Crippen molar-refractivity contribution in [1.82, 2.24) is 5.48 Å². The van der Waals surface area contributed by atoms with Crippen molar-refractivity contribution in [1.29, 1.82) is 0 Å². The van der Waals surface area contributed by atoms with Gasteiger partial charge in [-0.15, -0.1) is 0 Å². The van der Waals surface area contributed by atoms with Crippen LogP contribution >= 0.6 is 0 Å². The Morgan fingerprint density at radius 1 is 1.28 bits per heavy atom. The van der Waals surface area contributed by atoms with Crippen LogP contribution in [0.25, 0.3) is 0 Å². The first-order valence-electron chi connectivity index (χ1n) is 6.18. The fraction of sp³-hybridized carbons (Fsp3) is 0.500. The van der Waals surface area contributed by atoms with Crippen LogP contribution in [-0.4, -0.2) is 19.1 Å². The number of ether oxygens (including phenoxy) is 1. The molecule has 18 heavy (non-hydrogen) atoms. The van der Waals surface area contributed by atoms with Gasteiger partial charge in [-0.05, 0) is 31.4 Å². The van der Waals surface area contributed by atoms with Crippen molar-refractivity contribution in [2.24, 2.45) is 5.92 Å². The molecular weight excluding hydrogens is 230 g/mol. The third-order valence-electron chi connectivity index (χ3n) is 2.37. The molecule has 1 rings (SSSR count). The van der Waals surface area contributed by atoms with E-state index in [2.05, 4.69) is 19.3 Å². The van der Waals surface area contributed by atoms with Gasteiger partial charge in [0.1, 0.15) is 5.75 Å². The molecule has 1 N–H and O–H groups in total. The van der Waals surface area contributed by atoms with Crippen LogP contribution in [0.4, 0.5) is 0 Å². The molecule has 0 unspecified atom stereocenters. The van der Waals surface area contributed by atoms with E-state index >= 15 is 0 Å². The third kappa shape index (κ3) is 6.25. The van der Waals surface area contributed by atoms with Crippen LogP contribution in [0, 0.1) is 12.8 Å². The molecule has 0 aliphatic rings. The minimum Gasteiger partial charge on any atom is -0.484 e. The summed E-state index contributed by atoms with van der Waals surface area (Å²) in [5, 5.41) is 0. The summed E-state index contributed by atoms with van der Waals surface area (Å²) in [5.74, 6) is 0.961. The lowest BCUT2D eigenvalue weighted by Crippen LogP contribution is -2.29. The van der Waals surface area contributed by atoms with Crippen LogP contribution in [0.1, 0.15) is 25.8 Å². The van der Waals surface area contributed by atoms with E-state index in [4.69, 9.17) is 9.57 Å². The Morgan fingerprint density at radius 2 is 1.94 bits per heavy atom. The second-order valence-corrected chi connectivity index (χ2v) is 4.66. The Morgan fingerprint density at radius 3 is 2.56 bits per heavy atom. The zero-order valence-electron chi connectivity index (χ0n) is 11.2. The summed E-state index contributed by atoms with van der Waals surface area (Å²) in [6.45, 7) is 6.69. The molecule has 0 atom stereocenters. The zero-order chi connectivity index (χ0) is 13.4. The number of carbonyl (C=O) groups excluding carboxylic acids is 1. The van der Waals surface area contributed by atoms with Crippen LogP contribution in [0.2, 0.25) is 0 Å². The van der Waals surface area contributed by atoms with Crippen LogP contribution in [0.15, 0.2) is 24.3 Å². The summed E-state index contributed by atoms with van der Waals surface area (Å²) in [5.41, 5.74) is 3.51. The SMILES string of the molecule is Cc1ccc(OCC(=O)NOCCC(C)C)cc1. The molecule has 0 radical (unpaired) electrons. The Hall–Kier alpha value is -1.55. The van der Waals surface area contributed by atoms with E-state index in [1.807, 2.05) is 31.2 Å². The van der Waals surface area contributed by atoms with E-state index in [-0.39, 0.29) is 12.5 Å².